The molecule has 0 bridgehead atoms. The molecule has 96 valence electrons. The van der Waals surface area contributed by atoms with E-state index in [2.05, 4.69) is 5.32 Å². The van der Waals surface area contributed by atoms with Crippen LogP contribution in [0.3, 0.4) is 0 Å². The first kappa shape index (κ1) is 12.8. The fourth-order valence-electron chi connectivity index (χ4n) is 2.26. The quantitative estimate of drug-likeness (QED) is 0.798. The van der Waals surface area contributed by atoms with Gasteiger partial charge in [0.2, 0.25) is 10.0 Å². The molecule has 1 saturated heterocycles. The van der Waals surface area contributed by atoms with Crippen LogP contribution in [-0.4, -0.2) is 43.6 Å². The molecule has 4 nitrogen and oxygen atoms in total. The van der Waals surface area contributed by atoms with Gasteiger partial charge in [0.15, 0.2) is 0 Å². The highest BCUT2D eigenvalue weighted by Gasteiger charge is 2.40. The van der Waals surface area contributed by atoms with Gasteiger partial charge in [-0.05, 0) is 26.3 Å². The Balaban J connectivity index is 2.22. The molecule has 0 amide bonds. The predicted molar refractivity (Wildman–Crippen MR) is 69.3 cm³/mol. The molecule has 1 heterocycles. The van der Waals surface area contributed by atoms with Gasteiger partial charge in [-0.1, -0.05) is 24.3 Å². The molecule has 5 heteroatoms. The van der Waals surface area contributed by atoms with E-state index in [1.165, 1.54) is 0 Å². The van der Waals surface area contributed by atoms with Gasteiger partial charge in [-0.25, -0.2) is 8.42 Å². The third-order valence-electron chi connectivity index (χ3n) is 3.45. The Hall–Kier alpha value is -0.650. The van der Waals surface area contributed by atoms with Gasteiger partial charge in [0.1, 0.15) is 4.75 Å². The zero-order valence-corrected chi connectivity index (χ0v) is 11.0. The number of sulfonamides is 1. The number of nitrogens with zero attached hydrogens (tertiary/aromatic N) is 1. The topological polar surface area (TPSA) is 49.4 Å². The average molecular weight is 256 g/mol. The summed E-state index contributed by atoms with van der Waals surface area (Å²) < 4.78 is 26.1. The normalized spacial score (nSPS) is 31.4. The first-order valence-corrected chi connectivity index (χ1v) is 7.55. The highest BCUT2D eigenvalue weighted by Crippen LogP contribution is 2.29. The summed E-state index contributed by atoms with van der Waals surface area (Å²) in [6, 6.07) is 0. The second kappa shape index (κ2) is 4.92. The van der Waals surface area contributed by atoms with E-state index in [0.717, 1.165) is 19.5 Å². The third kappa shape index (κ3) is 2.46. The van der Waals surface area contributed by atoms with Gasteiger partial charge >= 0.3 is 0 Å². The van der Waals surface area contributed by atoms with Crippen molar-refractivity contribution in [2.45, 2.75) is 24.5 Å². The zero-order chi connectivity index (χ0) is 12.4. The number of rotatable bonds is 2. The fraction of sp³-hybridized carbons (Fsp3) is 0.667. The van der Waals surface area contributed by atoms with E-state index in [4.69, 9.17) is 0 Å². The summed E-state index contributed by atoms with van der Waals surface area (Å²) in [5.41, 5.74) is 0. The molecule has 1 atom stereocenters. The minimum atomic E-state index is -3.25. The first-order chi connectivity index (χ1) is 8.06. The monoisotopic (exact) mass is 256 g/mol. The maximum Gasteiger partial charge on any atom is 0.223 e. The van der Waals surface area contributed by atoms with Crippen molar-refractivity contribution in [2.24, 2.45) is 0 Å². The third-order valence-corrected chi connectivity index (χ3v) is 5.97. The molecule has 2 rings (SSSR count). The summed E-state index contributed by atoms with van der Waals surface area (Å²) in [5.74, 6) is 0. The summed E-state index contributed by atoms with van der Waals surface area (Å²) in [5, 5.41) is 3.23. The summed E-state index contributed by atoms with van der Waals surface area (Å²) in [6.07, 6.45) is 8.91. The van der Waals surface area contributed by atoms with Crippen LogP contribution in [0, 0.1) is 0 Å². The van der Waals surface area contributed by atoms with E-state index in [1.54, 1.807) is 17.3 Å². The van der Waals surface area contributed by atoms with Crippen molar-refractivity contribution < 1.29 is 8.42 Å². The van der Waals surface area contributed by atoms with Gasteiger partial charge in [-0.3, -0.25) is 0 Å². The number of allylic oxidation sites excluding steroid dienone is 3. The molecule has 0 aromatic rings. The lowest BCUT2D eigenvalue weighted by molar-refractivity contribution is 0.414. The van der Waals surface area contributed by atoms with Crippen molar-refractivity contribution in [2.75, 3.05) is 26.2 Å². The smallest absolute Gasteiger partial charge is 0.223 e. The van der Waals surface area contributed by atoms with Crippen LogP contribution >= 0.6 is 0 Å². The molecule has 0 radical (unpaired) electrons. The molecule has 2 aliphatic rings. The molecule has 1 N–H and O–H groups in total. The Morgan fingerprint density at radius 3 is 2.76 bits per heavy atom. The Morgan fingerprint density at radius 2 is 2.06 bits per heavy atom. The highest BCUT2D eigenvalue weighted by molar-refractivity contribution is 7.90. The molecular weight excluding hydrogens is 236 g/mol. The second-order valence-corrected chi connectivity index (χ2v) is 7.21. The van der Waals surface area contributed by atoms with Crippen LogP contribution < -0.4 is 5.32 Å². The predicted octanol–water partition coefficient (Wildman–Crippen LogP) is 0.886. The standard InChI is InChI=1S/C12H20N2O2S/c1-12(6-3-2-4-7-12)17(15,16)14-10-5-8-13-9-11-14/h2-4,6,13H,5,7-11H2,1H3. The van der Waals surface area contributed by atoms with Crippen LogP contribution in [0.5, 0.6) is 0 Å². The molecule has 1 unspecified atom stereocenters. The van der Waals surface area contributed by atoms with E-state index in [9.17, 15) is 8.42 Å². The SMILES string of the molecule is CC1(S(=O)(=O)N2CCCNCC2)C=CC=CC1. The van der Waals surface area contributed by atoms with Crippen LogP contribution in [0.25, 0.3) is 0 Å². The molecule has 0 aromatic heterocycles. The van der Waals surface area contributed by atoms with Crippen molar-refractivity contribution >= 4 is 10.0 Å². The van der Waals surface area contributed by atoms with Crippen molar-refractivity contribution in [3.05, 3.63) is 24.3 Å². The van der Waals surface area contributed by atoms with E-state index >= 15 is 0 Å². The molecule has 0 aromatic carbocycles. The van der Waals surface area contributed by atoms with Crippen molar-refractivity contribution in [1.29, 1.82) is 0 Å². The summed E-state index contributed by atoms with van der Waals surface area (Å²) >= 11 is 0. The van der Waals surface area contributed by atoms with Gasteiger partial charge in [0, 0.05) is 19.6 Å². The molecule has 0 spiro atoms. The van der Waals surface area contributed by atoms with Crippen molar-refractivity contribution in [1.82, 2.24) is 9.62 Å². The first-order valence-electron chi connectivity index (χ1n) is 6.11. The number of hydrogen-bond acceptors (Lipinski definition) is 3. The molecule has 1 aliphatic heterocycles. The Kier molecular flexibility index (Phi) is 3.70. The summed E-state index contributed by atoms with van der Waals surface area (Å²) in [4.78, 5) is 0. The van der Waals surface area contributed by atoms with Gasteiger partial charge < -0.3 is 5.32 Å². The van der Waals surface area contributed by atoms with Gasteiger partial charge in [0.05, 0.1) is 0 Å². The second-order valence-electron chi connectivity index (χ2n) is 4.81. The van der Waals surface area contributed by atoms with Crippen molar-refractivity contribution in [3.63, 3.8) is 0 Å². The minimum absolute atomic E-state index is 0.565. The Bertz CT molecular complexity index is 420. The highest BCUT2D eigenvalue weighted by atomic mass is 32.2. The molecular formula is C12H20N2O2S. The Morgan fingerprint density at radius 1 is 1.24 bits per heavy atom. The Labute approximate surface area is 103 Å². The minimum Gasteiger partial charge on any atom is -0.315 e. The number of hydrogen-bond donors (Lipinski definition) is 1. The van der Waals surface area contributed by atoms with Crippen LogP contribution in [0.15, 0.2) is 24.3 Å². The van der Waals surface area contributed by atoms with Crippen LogP contribution in [-0.2, 0) is 10.0 Å². The van der Waals surface area contributed by atoms with Crippen LogP contribution in [0.4, 0.5) is 0 Å². The molecule has 0 saturated carbocycles. The van der Waals surface area contributed by atoms with Gasteiger partial charge in [-0.2, -0.15) is 4.31 Å². The van der Waals surface area contributed by atoms with Crippen molar-refractivity contribution in [3.8, 4) is 0 Å². The van der Waals surface area contributed by atoms with E-state index in [1.807, 2.05) is 18.2 Å². The fourth-order valence-corrected chi connectivity index (χ4v) is 4.10. The average Bonchev–Trinajstić information content (AvgIpc) is 2.58. The lowest BCUT2D eigenvalue weighted by Crippen LogP contribution is -2.46. The lowest BCUT2D eigenvalue weighted by Gasteiger charge is -2.32. The summed E-state index contributed by atoms with van der Waals surface area (Å²) in [6.45, 7) is 4.66. The van der Waals surface area contributed by atoms with E-state index < -0.39 is 14.8 Å². The molecule has 1 fully saturated rings. The number of nitrogens with one attached hydrogen (secondary N) is 1. The van der Waals surface area contributed by atoms with Gasteiger partial charge in [0.25, 0.3) is 0 Å². The summed E-state index contributed by atoms with van der Waals surface area (Å²) in [7, 11) is -3.25. The van der Waals surface area contributed by atoms with E-state index in [0.29, 0.717) is 19.5 Å². The molecule has 1 aliphatic carbocycles. The largest absolute Gasteiger partial charge is 0.315 e. The maximum absolute atomic E-state index is 12.6. The van der Waals surface area contributed by atoms with Gasteiger partial charge in [-0.15, -0.1) is 0 Å². The maximum atomic E-state index is 12.6. The molecule has 17 heavy (non-hydrogen) atoms. The van der Waals surface area contributed by atoms with E-state index in [-0.39, 0.29) is 0 Å². The lowest BCUT2D eigenvalue weighted by atomic mass is 10.0. The van der Waals surface area contributed by atoms with Crippen LogP contribution in [0.2, 0.25) is 0 Å². The zero-order valence-electron chi connectivity index (χ0n) is 10.2. The van der Waals surface area contributed by atoms with Crippen LogP contribution in [0.1, 0.15) is 19.8 Å².